The molecule has 2 amide bonds. The third-order valence-corrected chi connectivity index (χ3v) is 6.81. The summed E-state index contributed by atoms with van der Waals surface area (Å²) in [5.74, 6) is -0.605. The highest BCUT2D eigenvalue weighted by Crippen LogP contribution is 2.26. The zero-order valence-corrected chi connectivity index (χ0v) is 21.3. The SMILES string of the molecule is Cc1cccc(C(=O)N(C)CCCCCC2CC(c3cccc(F)c3)NN2)c1NC(=O)c1ccncc1. The largest absolute Gasteiger partial charge is 0.342 e. The Morgan fingerprint density at radius 1 is 1.05 bits per heavy atom. The smallest absolute Gasteiger partial charge is 0.255 e. The predicted octanol–water partition coefficient (Wildman–Crippen LogP) is 5.02. The molecule has 4 rings (SSSR count). The Hall–Kier alpha value is -3.62. The van der Waals surface area contributed by atoms with Crippen LogP contribution >= 0.6 is 0 Å². The lowest BCUT2D eigenvalue weighted by atomic mass is 9.99. The number of hydrazine groups is 1. The summed E-state index contributed by atoms with van der Waals surface area (Å²) in [5, 5.41) is 2.91. The molecule has 8 heteroatoms. The van der Waals surface area contributed by atoms with Crippen molar-refractivity contribution in [2.24, 2.45) is 0 Å². The average molecular weight is 504 g/mol. The van der Waals surface area contributed by atoms with E-state index >= 15 is 0 Å². The molecule has 7 nitrogen and oxygen atoms in total. The molecule has 0 aliphatic carbocycles. The number of carbonyl (C=O) groups is 2. The average Bonchev–Trinajstić information content (AvgIpc) is 3.38. The van der Waals surface area contributed by atoms with E-state index in [2.05, 4.69) is 21.2 Å². The van der Waals surface area contributed by atoms with E-state index in [0.717, 1.165) is 43.2 Å². The minimum Gasteiger partial charge on any atom is -0.342 e. The lowest BCUT2D eigenvalue weighted by molar-refractivity contribution is 0.0793. The van der Waals surface area contributed by atoms with Crippen molar-refractivity contribution >= 4 is 17.5 Å². The Kier molecular flexibility index (Phi) is 8.98. The highest BCUT2D eigenvalue weighted by atomic mass is 19.1. The van der Waals surface area contributed by atoms with Crippen molar-refractivity contribution in [3.63, 3.8) is 0 Å². The van der Waals surface area contributed by atoms with Crippen LogP contribution in [0.5, 0.6) is 0 Å². The Balaban J connectivity index is 1.23. The maximum atomic E-state index is 13.5. The van der Waals surface area contributed by atoms with Gasteiger partial charge in [-0.15, -0.1) is 0 Å². The molecular weight excluding hydrogens is 469 g/mol. The van der Waals surface area contributed by atoms with Gasteiger partial charge in [0.05, 0.1) is 11.3 Å². The number of amides is 2. The molecule has 0 radical (unpaired) electrons. The fourth-order valence-corrected chi connectivity index (χ4v) is 4.68. The molecule has 2 aromatic carbocycles. The van der Waals surface area contributed by atoms with Gasteiger partial charge in [-0.3, -0.25) is 25.4 Å². The lowest BCUT2D eigenvalue weighted by Gasteiger charge is -2.20. The number of halogens is 1. The minimum absolute atomic E-state index is 0.117. The number of pyridine rings is 1. The molecule has 1 aromatic heterocycles. The third-order valence-electron chi connectivity index (χ3n) is 6.81. The quantitative estimate of drug-likeness (QED) is 0.338. The van der Waals surface area contributed by atoms with E-state index in [1.807, 2.05) is 25.1 Å². The number of rotatable bonds is 10. The number of nitrogens with one attached hydrogen (secondary N) is 3. The number of anilines is 1. The first kappa shape index (κ1) is 26.4. The van der Waals surface area contributed by atoms with Crippen LogP contribution in [0.25, 0.3) is 0 Å². The molecule has 1 saturated heterocycles. The van der Waals surface area contributed by atoms with Crippen LogP contribution in [-0.2, 0) is 0 Å². The van der Waals surface area contributed by atoms with Crippen molar-refractivity contribution in [2.75, 3.05) is 18.9 Å². The van der Waals surface area contributed by atoms with Gasteiger partial charge in [-0.05, 0) is 67.6 Å². The van der Waals surface area contributed by atoms with Gasteiger partial charge in [-0.25, -0.2) is 4.39 Å². The maximum Gasteiger partial charge on any atom is 0.255 e. The highest BCUT2D eigenvalue weighted by molar-refractivity contribution is 6.09. The zero-order chi connectivity index (χ0) is 26.2. The van der Waals surface area contributed by atoms with Crippen molar-refractivity contribution in [1.82, 2.24) is 20.7 Å². The van der Waals surface area contributed by atoms with E-state index in [1.54, 1.807) is 54.7 Å². The summed E-state index contributed by atoms with van der Waals surface area (Å²) in [6, 6.07) is 15.9. The van der Waals surface area contributed by atoms with Gasteiger partial charge in [0.2, 0.25) is 0 Å². The molecule has 194 valence electrons. The normalized spacial score (nSPS) is 16.9. The Labute approximate surface area is 217 Å². The summed E-state index contributed by atoms with van der Waals surface area (Å²) in [4.78, 5) is 31.6. The number of para-hydroxylation sites is 1. The van der Waals surface area contributed by atoms with E-state index in [4.69, 9.17) is 0 Å². The van der Waals surface area contributed by atoms with Crippen LogP contribution in [0.15, 0.2) is 67.0 Å². The molecule has 2 heterocycles. The fourth-order valence-electron chi connectivity index (χ4n) is 4.68. The summed E-state index contributed by atoms with van der Waals surface area (Å²) >= 11 is 0. The molecule has 1 aliphatic heterocycles. The summed E-state index contributed by atoms with van der Waals surface area (Å²) in [7, 11) is 1.80. The van der Waals surface area contributed by atoms with Crippen LogP contribution in [0, 0.1) is 12.7 Å². The lowest BCUT2D eigenvalue weighted by Crippen LogP contribution is -2.31. The second-order valence-electron chi connectivity index (χ2n) is 9.59. The van der Waals surface area contributed by atoms with Gasteiger partial charge < -0.3 is 10.2 Å². The number of aromatic nitrogens is 1. The van der Waals surface area contributed by atoms with E-state index in [-0.39, 0.29) is 23.7 Å². The van der Waals surface area contributed by atoms with Crippen molar-refractivity contribution in [2.45, 2.75) is 51.1 Å². The third kappa shape index (κ3) is 6.99. The van der Waals surface area contributed by atoms with Crippen LogP contribution in [0.1, 0.15) is 70.0 Å². The molecule has 2 unspecified atom stereocenters. The first-order valence-corrected chi connectivity index (χ1v) is 12.8. The molecule has 0 saturated carbocycles. The Bertz CT molecular complexity index is 1220. The molecule has 0 spiro atoms. The van der Waals surface area contributed by atoms with Gasteiger partial charge in [0.1, 0.15) is 5.82 Å². The van der Waals surface area contributed by atoms with E-state index < -0.39 is 0 Å². The van der Waals surface area contributed by atoms with E-state index in [1.165, 1.54) is 6.07 Å². The first-order chi connectivity index (χ1) is 17.9. The van der Waals surface area contributed by atoms with Gasteiger partial charge in [0.15, 0.2) is 0 Å². The molecule has 37 heavy (non-hydrogen) atoms. The molecule has 3 N–H and O–H groups in total. The monoisotopic (exact) mass is 503 g/mol. The fraction of sp³-hybridized carbons (Fsp3) is 0.345. The van der Waals surface area contributed by atoms with Gasteiger partial charge in [-0.1, -0.05) is 37.1 Å². The standard InChI is InChI=1S/C29H34FN5O2/c1-20-8-6-12-25(27(20)32-28(36)21-13-15-31-16-14-21)29(37)35(2)17-5-3-4-11-24-19-26(34-33-24)22-9-7-10-23(30)18-22/h6-10,12-16,18,24,26,33-34H,3-5,11,17,19H2,1-2H3,(H,32,36). The summed E-state index contributed by atoms with van der Waals surface area (Å²) in [5.41, 5.74) is 9.89. The molecule has 1 fully saturated rings. The van der Waals surface area contributed by atoms with E-state index in [9.17, 15) is 14.0 Å². The van der Waals surface area contributed by atoms with Crippen molar-refractivity contribution in [3.05, 3.63) is 95.1 Å². The van der Waals surface area contributed by atoms with Crippen molar-refractivity contribution in [1.29, 1.82) is 0 Å². The number of hydrogen-bond donors (Lipinski definition) is 3. The van der Waals surface area contributed by atoms with Gasteiger partial charge in [0, 0.05) is 43.6 Å². The van der Waals surface area contributed by atoms with Crippen LogP contribution in [-0.4, -0.2) is 41.3 Å². The number of nitrogens with zero attached hydrogens (tertiary/aromatic N) is 2. The van der Waals surface area contributed by atoms with Crippen LogP contribution in [0.2, 0.25) is 0 Å². The minimum atomic E-state index is -0.275. The zero-order valence-electron chi connectivity index (χ0n) is 21.3. The predicted molar refractivity (Wildman–Crippen MR) is 143 cm³/mol. The first-order valence-electron chi connectivity index (χ1n) is 12.8. The van der Waals surface area contributed by atoms with Crippen molar-refractivity contribution < 1.29 is 14.0 Å². The second-order valence-corrected chi connectivity index (χ2v) is 9.59. The van der Waals surface area contributed by atoms with Crippen molar-refractivity contribution in [3.8, 4) is 0 Å². The van der Waals surface area contributed by atoms with Gasteiger partial charge >= 0.3 is 0 Å². The van der Waals surface area contributed by atoms with Crippen LogP contribution < -0.4 is 16.2 Å². The van der Waals surface area contributed by atoms with Gasteiger partial charge in [-0.2, -0.15) is 0 Å². The second kappa shape index (κ2) is 12.6. The molecule has 1 aliphatic rings. The maximum absolute atomic E-state index is 13.5. The number of hydrogen-bond acceptors (Lipinski definition) is 5. The number of carbonyl (C=O) groups excluding carboxylic acids is 2. The van der Waals surface area contributed by atoms with E-state index in [0.29, 0.717) is 29.4 Å². The molecule has 2 atom stereocenters. The summed E-state index contributed by atoms with van der Waals surface area (Å²) in [6.45, 7) is 2.51. The number of unbranched alkanes of at least 4 members (excludes halogenated alkanes) is 2. The number of aryl methyl sites for hydroxylation is 1. The van der Waals surface area contributed by atoms with Crippen LogP contribution in [0.4, 0.5) is 10.1 Å². The number of benzene rings is 2. The topological polar surface area (TPSA) is 86.4 Å². The Morgan fingerprint density at radius 3 is 2.62 bits per heavy atom. The van der Waals surface area contributed by atoms with Crippen LogP contribution in [0.3, 0.4) is 0 Å². The Morgan fingerprint density at radius 2 is 1.84 bits per heavy atom. The molecule has 0 bridgehead atoms. The molecule has 3 aromatic rings. The summed E-state index contributed by atoms with van der Waals surface area (Å²) < 4.78 is 13.5. The highest BCUT2D eigenvalue weighted by Gasteiger charge is 2.25. The van der Waals surface area contributed by atoms with Gasteiger partial charge in [0.25, 0.3) is 11.8 Å². The molecular formula is C29H34FN5O2. The summed E-state index contributed by atoms with van der Waals surface area (Å²) in [6.07, 6.45) is 7.99.